The van der Waals surface area contributed by atoms with E-state index in [1.165, 1.54) is 28.6 Å². The molecule has 0 saturated carbocycles. The third kappa shape index (κ3) is 5.72. The quantitative estimate of drug-likeness (QED) is 0.606. The van der Waals surface area contributed by atoms with E-state index in [1.54, 1.807) is 30.3 Å². The van der Waals surface area contributed by atoms with Gasteiger partial charge in [0, 0.05) is 24.7 Å². The molecule has 1 saturated heterocycles. The number of hydrogen-bond acceptors (Lipinski definition) is 5. The maximum absolute atomic E-state index is 12.9. The maximum atomic E-state index is 12.9. The van der Waals surface area contributed by atoms with Gasteiger partial charge in [-0.2, -0.15) is 4.31 Å². The highest BCUT2D eigenvalue weighted by Crippen LogP contribution is 2.25. The summed E-state index contributed by atoms with van der Waals surface area (Å²) in [5, 5.41) is 2.69. The molecule has 1 aliphatic heterocycles. The molecule has 7 nitrogen and oxygen atoms in total. The highest BCUT2D eigenvalue weighted by molar-refractivity contribution is 7.91. The zero-order chi connectivity index (χ0) is 22.5. The van der Waals surface area contributed by atoms with Gasteiger partial charge in [-0.05, 0) is 62.6 Å². The zero-order valence-electron chi connectivity index (χ0n) is 17.5. The van der Waals surface area contributed by atoms with Gasteiger partial charge in [-0.1, -0.05) is 24.6 Å². The van der Waals surface area contributed by atoms with E-state index >= 15 is 0 Å². The van der Waals surface area contributed by atoms with Crippen LogP contribution in [0.2, 0.25) is 0 Å². The van der Waals surface area contributed by atoms with Crippen LogP contribution in [-0.2, 0) is 19.9 Å². The molecule has 1 unspecified atom stereocenters. The molecule has 2 aromatic rings. The van der Waals surface area contributed by atoms with Gasteiger partial charge in [-0.25, -0.2) is 16.8 Å². The minimum Gasteiger partial charge on any atom is -0.352 e. The number of benzene rings is 2. The lowest BCUT2D eigenvalue weighted by atomic mass is 10.1. The first-order valence-corrected chi connectivity index (χ1v) is 13.5. The fourth-order valence-corrected chi connectivity index (χ4v) is 6.69. The molecule has 0 spiro atoms. The predicted molar refractivity (Wildman–Crippen MR) is 119 cm³/mol. The van der Waals surface area contributed by atoms with E-state index in [1.807, 2.05) is 6.92 Å². The van der Waals surface area contributed by atoms with Crippen LogP contribution in [0.15, 0.2) is 64.4 Å². The predicted octanol–water partition coefficient (Wildman–Crippen LogP) is 2.84. The van der Waals surface area contributed by atoms with Gasteiger partial charge in [0.05, 0.1) is 15.5 Å². The van der Waals surface area contributed by atoms with E-state index < -0.39 is 19.9 Å². The molecule has 0 aromatic heterocycles. The third-order valence-corrected chi connectivity index (χ3v) is 9.29. The van der Waals surface area contributed by atoms with Gasteiger partial charge in [0.2, 0.25) is 10.0 Å². The molecule has 3 rings (SSSR count). The second-order valence-corrected chi connectivity index (χ2v) is 11.7. The number of hydrogen-bond donors (Lipinski definition) is 1. The molecule has 9 heteroatoms. The van der Waals surface area contributed by atoms with Gasteiger partial charge in [-0.15, -0.1) is 0 Å². The van der Waals surface area contributed by atoms with Crippen molar-refractivity contribution in [3.8, 4) is 0 Å². The van der Waals surface area contributed by atoms with Crippen molar-refractivity contribution in [2.24, 2.45) is 0 Å². The SMILES string of the molecule is CC1CCCCN1S(=O)(=O)c1ccc(C(=O)NCCCS(=O)(=O)c2ccccc2)cc1. The van der Waals surface area contributed by atoms with Crippen molar-refractivity contribution in [2.75, 3.05) is 18.8 Å². The van der Waals surface area contributed by atoms with Gasteiger partial charge < -0.3 is 5.32 Å². The molecular formula is C22H28N2O5S2. The summed E-state index contributed by atoms with van der Waals surface area (Å²) in [4.78, 5) is 12.8. The summed E-state index contributed by atoms with van der Waals surface area (Å²) in [6.07, 6.45) is 3.00. The number of amides is 1. The fraction of sp³-hybridized carbons (Fsp3) is 0.409. The maximum Gasteiger partial charge on any atom is 0.251 e. The van der Waals surface area contributed by atoms with Crippen LogP contribution in [0, 0.1) is 0 Å². The summed E-state index contributed by atoms with van der Waals surface area (Å²) in [5.74, 6) is -0.435. The molecule has 0 radical (unpaired) electrons. The van der Waals surface area contributed by atoms with Crippen LogP contribution in [0.4, 0.5) is 0 Å². The van der Waals surface area contributed by atoms with E-state index in [2.05, 4.69) is 5.32 Å². The summed E-state index contributed by atoms with van der Waals surface area (Å²) >= 11 is 0. The lowest BCUT2D eigenvalue weighted by Gasteiger charge is -2.32. The Morgan fingerprint density at radius 3 is 2.29 bits per heavy atom. The number of sulfonamides is 1. The van der Waals surface area contributed by atoms with Crippen molar-refractivity contribution in [3.05, 3.63) is 60.2 Å². The molecule has 31 heavy (non-hydrogen) atoms. The molecule has 168 valence electrons. The Morgan fingerprint density at radius 1 is 0.968 bits per heavy atom. The van der Waals surface area contributed by atoms with Crippen molar-refractivity contribution in [3.63, 3.8) is 0 Å². The van der Waals surface area contributed by atoms with Crippen LogP contribution in [0.1, 0.15) is 43.0 Å². The number of nitrogens with one attached hydrogen (secondary N) is 1. The van der Waals surface area contributed by atoms with Crippen molar-refractivity contribution in [1.29, 1.82) is 0 Å². The minimum absolute atomic E-state index is 0.0334. The number of carbonyl (C=O) groups excluding carboxylic acids is 1. The zero-order valence-corrected chi connectivity index (χ0v) is 19.2. The van der Waals surface area contributed by atoms with Gasteiger partial charge in [0.1, 0.15) is 0 Å². The third-order valence-electron chi connectivity index (χ3n) is 5.44. The van der Waals surface area contributed by atoms with Crippen LogP contribution >= 0.6 is 0 Å². The normalized spacial score (nSPS) is 17.9. The van der Waals surface area contributed by atoms with Crippen LogP contribution in [-0.4, -0.2) is 51.9 Å². The highest BCUT2D eigenvalue weighted by Gasteiger charge is 2.30. The Morgan fingerprint density at radius 2 is 1.65 bits per heavy atom. The Bertz CT molecular complexity index is 1100. The van der Waals surface area contributed by atoms with E-state index in [-0.39, 0.29) is 40.5 Å². The van der Waals surface area contributed by atoms with E-state index in [9.17, 15) is 21.6 Å². The smallest absolute Gasteiger partial charge is 0.251 e. The van der Waals surface area contributed by atoms with Gasteiger partial charge in [0.15, 0.2) is 9.84 Å². The van der Waals surface area contributed by atoms with Crippen LogP contribution in [0.25, 0.3) is 0 Å². The van der Waals surface area contributed by atoms with E-state index in [0.717, 1.165) is 19.3 Å². The lowest BCUT2D eigenvalue weighted by molar-refractivity contribution is 0.0953. The van der Waals surface area contributed by atoms with Crippen LogP contribution < -0.4 is 5.32 Å². The molecule has 1 amide bonds. The first-order chi connectivity index (χ1) is 14.7. The Kier molecular flexibility index (Phi) is 7.51. The van der Waals surface area contributed by atoms with E-state index in [0.29, 0.717) is 12.1 Å². The van der Waals surface area contributed by atoms with Gasteiger partial charge >= 0.3 is 0 Å². The summed E-state index contributed by atoms with van der Waals surface area (Å²) in [7, 11) is -6.97. The van der Waals surface area contributed by atoms with E-state index in [4.69, 9.17) is 0 Å². The first kappa shape index (κ1) is 23.4. The number of sulfone groups is 1. The van der Waals surface area contributed by atoms with Crippen molar-refractivity contribution < 1.29 is 21.6 Å². The topological polar surface area (TPSA) is 101 Å². The molecule has 0 bridgehead atoms. The van der Waals surface area contributed by atoms with Gasteiger partial charge in [0.25, 0.3) is 5.91 Å². The summed E-state index contributed by atoms with van der Waals surface area (Å²) in [5.41, 5.74) is 0.330. The first-order valence-electron chi connectivity index (χ1n) is 10.4. The number of piperidine rings is 1. The second-order valence-electron chi connectivity index (χ2n) is 7.73. The molecule has 1 N–H and O–H groups in total. The largest absolute Gasteiger partial charge is 0.352 e. The molecule has 1 heterocycles. The molecule has 1 atom stereocenters. The van der Waals surface area contributed by atoms with Gasteiger partial charge in [-0.3, -0.25) is 4.79 Å². The molecule has 0 aliphatic carbocycles. The van der Waals surface area contributed by atoms with Crippen molar-refractivity contribution in [1.82, 2.24) is 9.62 Å². The Labute approximate surface area is 184 Å². The Hall–Kier alpha value is -2.23. The summed E-state index contributed by atoms with van der Waals surface area (Å²) in [6, 6.07) is 14.0. The lowest BCUT2D eigenvalue weighted by Crippen LogP contribution is -2.41. The molecular weight excluding hydrogens is 436 g/mol. The molecule has 1 aliphatic rings. The fourth-order valence-electron chi connectivity index (χ4n) is 3.65. The number of rotatable bonds is 8. The standard InChI is InChI=1S/C22H28N2O5S2/c1-18-8-5-6-16-24(18)31(28,29)21-13-11-19(12-14-21)22(25)23-15-7-17-30(26,27)20-9-3-2-4-10-20/h2-4,9-14,18H,5-8,15-17H2,1H3,(H,23,25). The number of carbonyl (C=O) groups is 1. The minimum atomic E-state index is -3.58. The van der Waals surface area contributed by atoms with Crippen LogP contribution in [0.5, 0.6) is 0 Å². The molecule has 1 fully saturated rings. The summed E-state index contributed by atoms with van der Waals surface area (Å²) < 4.78 is 51.8. The van der Waals surface area contributed by atoms with Crippen molar-refractivity contribution >= 4 is 25.8 Å². The van der Waals surface area contributed by atoms with Crippen LogP contribution in [0.3, 0.4) is 0 Å². The van der Waals surface area contributed by atoms with Crippen molar-refractivity contribution in [2.45, 2.75) is 48.4 Å². The average molecular weight is 465 g/mol. The highest BCUT2D eigenvalue weighted by atomic mass is 32.2. The Balaban J connectivity index is 1.55. The monoisotopic (exact) mass is 464 g/mol. The average Bonchev–Trinajstić information content (AvgIpc) is 2.77. The summed E-state index contributed by atoms with van der Waals surface area (Å²) in [6.45, 7) is 2.63. The molecule has 2 aromatic carbocycles. The second kappa shape index (κ2) is 9.93. The number of nitrogens with zero attached hydrogens (tertiary/aromatic N) is 1.